The highest BCUT2D eigenvalue weighted by Gasteiger charge is 2.15. The summed E-state index contributed by atoms with van der Waals surface area (Å²) >= 11 is 0. The number of carbonyl (C=O) groups is 1. The summed E-state index contributed by atoms with van der Waals surface area (Å²) in [6, 6.07) is 3.34. The highest BCUT2D eigenvalue weighted by molar-refractivity contribution is 5.88. The highest BCUT2D eigenvalue weighted by atomic mass is 16.5. The number of hydrogen-bond acceptors (Lipinski definition) is 3. The second-order valence-electron chi connectivity index (χ2n) is 3.71. The molecule has 2 rings (SSSR count). The number of rotatable bonds is 3. The Labute approximate surface area is 94.2 Å². The van der Waals surface area contributed by atoms with E-state index in [1.54, 1.807) is 24.5 Å². The molecule has 5 nitrogen and oxygen atoms in total. The van der Waals surface area contributed by atoms with Crippen molar-refractivity contribution in [1.82, 2.24) is 10.3 Å². The molecular weight excluding hydrogens is 206 g/mol. The first-order valence-electron chi connectivity index (χ1n) is 5.41. The Morgan fingerprint density at radius 1 is 1.62 bits per heavy atom. The minimum Gasteiger partial charge on any atom is -0.376 e. The third-order valence-electron chi connectivity index (χ3n) is 2.43. The fourth-order valence-corrected chi connectivity index (χ4v) is 1.62. The van der Waals surface area contributed by atoms with Crippen LogP contribution in [0.25, 0.3) is 0 Å². The molecular formula is C11H15N3O2. The fraction of sp³-hybridized carbons (Fsp3) is 0.455. The molecule has 1 aromatic rings. The van der Waals surface area contributed by atoms with Crippen LogP contribution in [0.15, 0.2) is 24.5 Å². The van der Waals surface area contributed by atoms with Gasteiger partial charge in [0.25, 0.3) is 0 Å². The average Bonchev–Trinajstić information content (AvgIpc) is 2.81. The van der Waals surface area contributed by atoms with E-state index in [-0.39, 0.29) is 12.1 Å². The molecule has 16 heavy (non-hydrogen) atoms. The molecule has 1 aliphatic rings. The molecule has 0 aliphatic carbocycles. The summed E-state index contributed by atoms with van der Waals surface area (Å²) in [5.41, 5.74) is 0.687. The van der Waals surface area contributed by atoms with Gasteiger partial charge >= 0.3 is 6.03 Å². The molecule has 0 bridgehead atoms. The van der Waals surface area contributed by atoms with E-state index in [4.69, 9.17) is 4.74 Å². The molecule has 1 atom stereocenters. The number of ether oxygens (including phenoxy) is 1. The van der Waals surface area contributed by atoms with Crippen molar-refractivity contribution >= 4 is 11.7 Å². The Hall–Kier alpha value is -1.62. The van der Waals surface area contributed by atoms with Gasteiger partial charge in [-0.25, -0.2) is 4.79 Å². The average molecular weight is 221 g/mol. The lowest BCUT2D eigenvalue weighted by molar-refractivity contribution is 0.112. The summed E-state index contributed by atoms with van der Waals surface area (Å²) in [5, 5.41) is 5.47. The lowest BCUT2D eigenvalue weighted by atomic mass is 10.2. The van der Waals surface area contributed by atoms with Crippen LogP contribution in [-0.2, 0) is 4.74 Å². The summed E-state index contributed by atoms with van der Waals surface area (Å²) in [6.07, 6.45) is 5.53. The lowest BCUT2D eigenvalue weighted by Crippen LogP contribution is -2.35. The number of nitrogens with one attached hydrogen (secondary N) is 2. The van der Waals surface area contributed by atoms with Crippen LogP contribution in [0.1, 0.15) is 12.8 Å². The van der Waals surface area contributed by atoms with E-state index >= 15 is 0 Å². The number of hydrogen-bond donors (Lipinski definition) is 2. The topological polar surface area (TPSA) is 63.2 Å². The summed E-state index contributed by atoms with van der Waals surface area (Å²) in [5.74, 6) is 0. The molecule has 5 heteroatoms. The van der Waals surface area contributed by atoms with E-state index in [2.05, 4.69) is 15.6 Å². The molecule has 1 unspecified atom stereocenters. The Morgan fingerprint density at radius 3 is 3.25 bits per heavy atom. The zero-order valence-electron chi connectivity index (χ0n) is 8.98. The quantitative estimate of drug-likeness (QED) is 0.810. The van der Waals surface area contributed by atoms with Gasteiger partial charge in [-0.3, -0.25) is 4.98 Å². The van der Waals surface area contributed by atoms with Crippen LogP contribution in [0, 0.1) is 0 Å². The van der Waals surface area contributed by atoms with Crippen LogP contribution < -0.4 is 10.6 Å². The number of nitrogens with zero attached hydrogens (tertiary/aromatic N) is 1. The minimum atomic E-state index is -0.219. The monoisotopic (exact) mass is 221 g/mol. The van der Waals surface area contributed by atoms with Crippen molar-refractivity contribution in [2.45, 2.75) is 18.9 Å². The standard InChI is InChI=1S/C11H15N3O2/c15-11(13-8-10-4-2-6-16-10)14-9-3-1-5-12-7-9/h1,3,5,7,10H,2,4,6,8H2,(H2,13,14,15). The van der Waals surface area contributed by atoms with Crippen molar-refractivity contribution in [3.63, 3.8) is 0 Å². The molecule has 0 spiro atoms. The predicted octanol–water partition coefficient (Wildman–Crippen LogP) is 1.38. The third kappa shape index (κ3) is 3.20. The maximum absolute atomic E-state index is 11.5. The molecule has 1 aromatic heterocycles. The maximum atomic E-state index is 11.5. The SMILES string of the molecule is O=C(NCC1CCCO1)Nc1cccnc1. The molecule has 0 radical (unpaired) electrons. The summed E-state index contributed by atoms with van der Waals surface area (Å²) < 4.78 is 5.40. The van der Waals surface area contributed by atoms with Gasteiger partial charge in [0, 0.05) is 19.3 Å². The van der Waals surface area contributed by atoms with E-state index in [0.29, 0.717) is 12.2 Å². The van der Waals surface area contributed by atoms with Crippen molar-refractivity contribution in [1.29, 1.82) is 0 Å². The lowest BCUT2D eigenvalue weighted by Gasteiger charge is -2.11. The first-order valence-corrected chi connectivity index (χ1v) is 5.41. The molecule has 86 valence electrons. The van der Waals surface area contributed by atoms with Gasteiger partial charge < -0.3 is 15.4 Å². The van der Waals surface area contributed by atoms with Gasteiger partial charge in [0.15, 0.2) is 0 Å². The van der Waals surface area contributed by atoms with Gasteiger partial charge in [-0.2, -0.15) is 0 Å². The van der Waals surface area contributed by atoms with Crippen molar-refractivity contribution in [3.05, 3.63) is 24.5 Å². The number of carbonyl (C=O) groups excluding carboxylic acids is 1. The van der Waals surface area contributed by atoms with Crippen molar-refractivity contribution < 1.29 is 9.53 Å². The van der Waals surface area contributed by atoms with Crippen LogP contribution in [0.5, 0.6) is 0 Å². The molecule has 2 N–H and O–H groups in total. The fourth-order valence-electron chi connectivity index (χ4n) is 1.62. The smallest absolute Gasteiger partial charge is 0.319 e. The van der Waals surface area contributed by atoms with Gasteiger partial charge in [-0.05, 0) is 25.0 Å². The zero-order valence-corrected chi connectivity index (χ0v) is 8.98. The number of aromatic nitrogens is 1. The van der Waals surface area contributed by atoms with Gasteiger partial charge in [0.05, 0.1) is 18.0 Å². The van der Waals surface area contributed by atoms with E-state index < -0.39 is 0 Å². The Kier molecular flexibility index (Phi) is 3.71. The number of amides is 2. The summed E-state index contributed by atoms with van der Waals surface area (Å²) in [7, 11) is 0. The van der Waals surface area contributed by atoms with Gasteiger partial charge in [0.2, 0.25) is 0 Å². The summed E-state index contributed by atoms with van der Waals surface area (Å²) in [4.78, 5) is 15.4. The van der Waals surface area contributed by atoms with Crippen molar-refractivity contribution in [3.8, 4) is 0 Å². The third-order valence-corrected chi connectivity index (χ3v) is 2.43. The van der Waals surface area contributed by atoms with Crippen LogP contribution >= 0.6 is 0 Å². The minimum absolute atomic E-state index is 0.166. The normalized spacial score (nSPS) is 19.4. The molecule has 0 aromatic carbocycles. The van der Waals surface area contributed by atoms with E-state index in [1.165, 1.54) is 0 Å². The largest absolute Gasteiger partial charge is 0.376 e. The van der Waals surface area contributed by atoms with Crippen LogP contribution in [0.2, 0.25) is 0 Å². The Bertz CT molecular complexity index is 336. The zero-order chi connectivity index (χ0) is 11.2. The van der Waals surface area contributed by atoms with Gasteiger partial charge in [-0.1, -0.05) is 0 Å². The van der Waals surface area contributed by atoms with Crippen molar-refractivity contribution in [2.24, 2.45) is 0 Å². The Morgan fingerprint density at radius 2 is 2.56 bits per heavy atom. The molecule has 1 saturated heterocycles. The number of anilines is 1. The van der Waals surface area contributed by atoms with Gasteiger partial charge in [0.1, 0.15) is 0 Å². The molecule has 2 amide bonds. The van der Waals surface area contributed by atoms with Gasteiger partial charge in [-0.15, -0.1) is 0 Å². The first-order chi connectivity index (χ1) is 7.84. The van der Waals surface area contributed by atoms with E-state index in [0.717, 1.165) is 19.4 Å². The van der Waals surface area contributed by atoms with E-state index in [1.807, 2.05) is 0 Å². The molecule has 0 saturated carbocycles. The van der Waals surface area contributed by atoms with Crippen LogP contribution in [0.3, 0.4) is 0 Å². The first kappa shape index (κ1) is 10.9. The second-order valence-corrected chi connectivity index (χ2v) is 3.71. The summed E-state index contributed by atoms with van der Waals surface area (Å²) in [6.45, 7) is 1.36. The van der Waals surface area contributed by atoms with Crippen LogP contribution in [-0.4, -0.2) is 30.3 Å². The Balaban J connectivity index is 1.72. The predicted molar refractivity (Wildman–Crippen MR) is 60.2 cm³/mol. The maximum Gasteiger partial charge on any atom is 0.319 e. The van der Waals surface area contributed by atoms with Crippen LogP contribution in [0.4, 0.5) is 10.5 Å². The second kappa shape index (κ2) is 5.46. The molecule has 2 heterocycles. The highest BCUT2D eigenvalue weighted by Crippen LogP contribution is 2.10. The van der Waals surface area contributed by atoms with Crippen molar-refractivity contribution in [2.75, 3.05) is 18.5 Å². The number of pyridine rings is 1. The molecule has 1 aliphatic heterocycles. The van der Waals surface area contributed by atoms with E-state index in [9.17, 15) is 4.79 Å². The number of urea groups is 1. The molecule has 1 fully saturated rings.